The number of hydrogen-bond acceptors (Lipinski definition) is 5. The van der Waals surface area contributed by atoms with Crippen LogP contribution >= 0.6 is 38.9 Å². The molecule has 8 heteroatoms. The molecule has 2 aromatic carbocycles. The van der Waals surface area contributed by atoms with E-state index in [0.717, 1.165) is 5.56 Å². The van der Waals surface area contributed by atoms with Gasteiger partial charge in [-0.25, -0.2) is 9.37 Å². The molecule has 3 rings (SSSR count). The summed E-state index contributed by atoms with van der Waals surface area (Å²) in [7, 11) is 0. The molecule has 0 aliphatic rings. The number of rotatable bonds is 6. The minimum absolute atomic E-state index is 0.0515. The molecule has 0 saturated carbocycles. The fraction of sp³-hybridized carbons (Fsp3) is 0.111. The number of carboxylic acids is 1. The van der Waals surface area contributed by atoms with Gasteiger partial charge in [0.15, 0.2) is 0 Å². The highest BCUT2D eigenvalue weighted by Crippen LogP contribution is 2.28. The average Bonchev–Trinajstić information content (AvgIpc) is 3.04. The number of ether oxygens (including phenoxy) is 1. The van der Waals surface area contributed by atoms with Crippen LogP contribution < -0.4 is 9.84 Å². The van der Waals surface area contributed by atoms with Gasteiger partial charge in [-0.05, 0) is 30.3 Å². The van der Waals surface area contributed by atoms with Crippen LogP contribution in [0.4, 0.5) is 4.39 Å². The summed E-state index contributed by atoms with van der Waals surface area (Å²) in [5.41, 5.74) is 1.04. The van der Waals surface area contributed by atoms with Gasteiger partial charge in [0, 0.05) is 32.4 Å². The number of carbonyl (C=O) groups excluding carboxylic acids is 1. The van der Waals surface area contributed by atoms with Crippen LogP contribution in [0, 0.1) is 5.82 Å². The molecule has 0 N–H and O–H groups in total. The Kier molecular flexibility index (Phi) is 5.90. The Morgan fingerprint density at radius 2 is 2.08 bits per heavy atom. The van der Waals surface area contributed by atoms with Gasteiger partial charge in [0.25, 0.3) is 0 Å². The van der Waals surface area contributed by atoms with Crippen LogP contribution in [0.25, 0.3) is 0 Å². The van der Waals surface area contributed by atoms with Crippen molar-refractivity contribution in [2.24, 2.45) is 0 Å². The van der Waals surface area contributed by atoms with Crippen molar-refractivity contribution in [3.8, 4) is 5.75 Å². The Morgan fingerprint density at radius 1 is 1.27 bits per heavy atom. The molecule has 1 heterocycles. The summed E-state index contributed by atoms with van der Waals surface area (Å²) in [4.78, 5) is 14.9. The van der Waals surface area contributed by atoms with Crippen molar-refractivity contribution in [3.05, 3.63) is 78.9 Å². The second-order valence-electron chi connectivity index (χ2n) is 5.37. The Labute approximate surface area is 166 Å². The summed E-state index contributed by atoms with van der Waals surface area (Å²) >= 11 is 10.5. The first-order chi connectivity index (χ1) is 12.4. The minimum atomic E-state index is -1.32. The first kappa shape index (κ1) is 18.8. The van der Waals surface area contributed by atoms with Crippen LogP contribution in [0.15, 0.2) is 46.3 Å². The van der Waals surface area contributed by atoms with E-state index in [-0.39, 0.29) is 18.1 Å². The zero-order valence-corrected chi connectivity index (χ0v) is 16.3. The first-order valence-electron chi connectivity index (χ1n) is 7.43. The molecular weight excluding hydrogens is 445 g/mol. The molecule has 0 atom stereocenters. The van der Waals surface area contributed by atoms with E-state index in [9.17, 15) is 14.3 Å². The second-order valence-corrected chi connectivity index (χ2v) is 7.66. The smallest absolute Gasteiger partial charge is 0.130 e. The molecule has 0 spiro atoms. The standard InChI is InChI=1S/C18H12BrClFNO3S/c19-12-2-1-10(14(21)7-12)8-25-16-4-3-13(20)5-11(16)6-17-22-15(9-26-17)18(23)24/h1-5,7,9H,6,8H2,(H,23,24)/p-1. The van der Waals surface area contributed by atoms with E-state index < -0.39 is 5.97 Å². The number of hydrogen-bond donors (Lipinski definition) is 0. The number of thiazole rings is 1. The molecule has 26 heavy (non-hydrogen) atoms. The zero-order chi connectivity index (χ0) is 18.7. The van der Waals surface area contributed by atoms with Crippen LogP contribution in [0.5, 0.6) is 5.75 Å². The number of halogens is 3. The van der Waals surface area contributed by atoms with Gasteiger partial charge in [-0.15, -0.1) is 11.3 Å². The number of nitrogens with zero attached hydrogens (tertiary/aromatic N) is 1. The van der Waals surface area contributed by atoms with Gasteiger partial charge in [-0.1, -0.05) is 33.6 Å². The molecule has 0 saturated heterocycles. The van der Waals surface area contributed by atoms with Crippen molar-refractivity contribution in [3.63, 3.8) is 0 Å². The van der Waals surface area contributed by atoms with Crippen molar-refractivity contribution in [2.45, 2.75) is 13.0 Å². The van der Waals surface area contributed by atoms with Crippen molar-refractivity contribution in [1.29, 1.82) is 0 Å². The number of benzene rings is 2. The highest BCUT2D eigenvalue weighted by Gasteiger charge is 2.11. The Morgan fingerprint density at radius 3 is 2.77 bits per heavy atom. The summed E-state index contributed by atoms with van der Waals surface area (Å²) in [6, 6.07) is 9.84. The quantitative estimate of drug-likeness (QED) is 0.558. The third-order valence-electron chi connectivity index (χ3n) is 3.52. The highest BCUT2D eigenvalue weighted by molar-refractivity contribution is 9.10. The summed E-state index contributed by atoms with van der Waals surface area (Å²) in [5, 5.41) is 13.4. The molecule has 0 unspecified atom stereocenters. The normalized spacial score (nSPS) is 10.7. The Bertz CT molecular complexity index is 963. The maximum absolute atomic E-state index is 13.9. The number of aromatic carboxylic acids is 1. The van der Waals surface area contributed by atoms with Crippen LogP contribution in [0.2, 0.25) is 5.02 Å². The van der Waals surface area contributed by atoms with E-state index >= 15 is 0 Å². The van der Waals surface area contributed by atoms with E-state index in [2.05, 4.69) is 20.9 Å². The van der Waals surface area contributed by atoms with Crippen LogP contribution in [0.1, 0.15) is 26.6 Å². The molecule has 0 radical (unpaired) electrons. The molecule has 0 aliphatic carbocycles. The van der Waals surface area contributed by atoms with Gasteiger partial charge in [0.1, 0.15) is 18.2 Å². The first-order valence-corrected chi connectivity index (χ1v) is 9.48. The topological polar surface area (TPSA) is 62.2 Å². The molecule has 4 nitrogen and oxygen atoms in total. The summed E-state index contributed by atoms with van der Waals surface area (Å²) in [5.74, 6) is -1.16. The van der Waals surface area contributed by atoms with Crippen molar-refractivity contribution in [1.82, 2.24) is 4.98 Å². The Balaban J connectivity index is 1.79. The monoisotopic (exact) mass is 454 g/mol. The van der Waals surface area contributed by atoms with Gasteiger partial charge in [0.05, 0.1) is 16.7 Å². The number of carboxylic acid groups (broad SMARTS) is 1. The molecule has 0 aliphatic heterocycles. The molecule has 3 aromatic rings. The van der Waals surface area contributed by atoms with E-state index in [1.807, 2.05) is 0 Å². The van der Waals surface area contributed by atoms with Gasteiger partial charge < -0.3 is 14.6 Å². The lowest BCUT2D eigenvalue weighted by molar-refractivity contribution is -0.255. The minimum Gasteiger partial charge on any atom is -0.543 e. The van der Waals surface area contributed by atoms with E-state index in [4.69, 9.17) is 16.3 Å². The molecule has 1 aromatic heterocycles. The van der Waals surface area contributed by atoms with E-state index in [1.165, 1.54) is 22.8 Å². The van der Waals surface area contributed by atoms with Crippen molar-refractivity contribution < 1.29 is 19.0 Å². The fourth-order valence-electron chi connectivity index (χ4n) is 2.27. The maximum Gasteiger partial charge on any atom is 0.130 e. The lowest BCUT2D eigenvalue weighted by Crippen LogP contribution is -2.22. The van der Waals surface area contributed by atoms with E-state index in [1.54, 1.807) is 30.3 Å². The largest absolute Gasteiger partial charge is 0.543 e. The SMILES string of the molecule is O=C([O-])c1csc(Cc2cc(Cl)ccc2OCc2ccc(Br)cc2F)n1. The molecule has 0 amide bonds. The van der Waals surface area contributed by atoms with Crippen molar-refractivity contribution >= 4 is 44.8 Å². The lowest BCUT2D eigenvalue weighted by atomic mass is 10.1. The van der Waals surface area contributed by atoms with Gasteiger partial charge in [-0.3, -0.25) is 0 Å². The van der Waals surface area contributed by atoms with Crippen LogP contribution in [-0.2, 0) is 13.0 Å². The molecule has 0 bridgehead atoms. The average molecular weight is 456 g/mol. The molecular formula is C18H11BrClFNO3S-. The van der Waals surface area contributed by atoms with E-state index in [0.29, 0.717) is 32.2 Å². The van der Waals surface area contributed by atoms with Crippen LogP contribution in [-0.4, -0.2) is 11.0 Å². The van der Waals surface area contributed by atoms with Gasteiger partial charge >= 0.3 is 0 Å². The maximum atomic E-state index is 13.9. The van der Waals surface area contributed by atoms with Crippen LogP contribution in [0.3, 0.4) is 0 Å². The summed E-state index contributed by atoms with van der Waals surface area (Å²) in [6.07, 6.45) is 0.344. The fourth-order valence-corrected chi connectivity index (χ4v) is 3.58. The third-order valence-corrected chi connectivity index (χ3v) is 5.10. The number of carbonyl (C=O) groups is 1. The predicted molar refractivity (Wildman–Crippen MR) is 99.1 cm³/mol. The Hall–Kier alpha value is -1.96. The molecule has 134 valence electrons. The number of aromatic nitrogens is 1. The molecule has 0 fully saturated rings. The van der Waals surface area contributed by atoms with Gasteiger partial charge in [-0.2, -0.15) is 0 Å². The summed E-state index contributed by atoms with van der Waals surface area (Å²) in [6.45, 7) is 0.0515. The van der Waals surface area contributed by atoms with Gasteiger partial charge in [0.2, 0.25) is 0 Å². The third kappa shape index (κ3) is 4.60. The second kappa shape index (κ2) is 8.16. The van der Waals surface area contributed by atoms with Crippen molar-refractivity contribution in [2.75, 3.05) is 0 Å². The zero-order valence-electron chi connectivity index (χ0n) is 13.2. The highest BCUT2D eigenvalue weighted by atomic mass is 79.9. The summed E-state index contributed by atoms with van der Waals surface area (Å²) < 4.78 is 20.4. The lowest BCUT2D eigenvalue weighted by Gasteiger charge is -2.12. The predicted octanol–water partition coefficient (Wildman–Crippen LogP) is 4.23.